The van der Waals surface area contributed by atoms with E-state index in [1.165, 1.54) is 12.1 Å². The first-order valence-corrected chi connectivity index (χ1v) is 8.72. The molecule has 1 aliphatic carbocycles. The summed E-state index contributed by atoms with van der Waals surface area (Å²) in [7, 11) is 0. The van der Waals surface area contributed by atoms with Gasteiger partial charge in [-0.2, -0.15) is 0 Å². The van der Waals surface area contributed by atoms with Gasteiger partial charge in [0.2, 0.25) is 11.8 Å². The average Bonchev–Trinajstić information content (AvgIpc) is 2.71. The van der Waals surface area contributed by atoms with E-state index in [2.05, 4.69) is 31.9 Å². The highest BCUT2D eigenvalue weighted by molar-refractivity contribution is 9.12. The van der Waals surface area contributed by atoms with E-state index in [0.717, 1.165) is 4.90 Å². The zero-order chi connectivity index (χ0) is 16.0. The molecule has 1 N–H and O–H groups in total. The molecule has 0 bridgehead atoms. The number of rotatable bonds is 2. The normalized spacial score (nSPS) is 31.3. The Bertz CT molecular complexity index is 635. The van der Waals surface area contributed by atoms with Gasteiger partial charge in [0.1, 0.15) is 0 Å². The number of nitrogens with zero attached hydrogens (tertiary/aromatic N) is 1. The molecule has 4 atom stereocenters. The highest BCUT2D eigenvalue weighted by Gasteiger charge is 2.52. The molecule has 1 heterocycles. The minimum absolute atomic E-state index is 0.0599. The summed E-state index contributed by atoms with van der Waals surface area (Å²) in [5.74, 6) is -2.22. The largest absolute Gasteiger partial charge is 0.478 e. The van der Waals surface area contributed by atoms with Crippen LogP contribution in [0.25, 0.3) is 0 Å². The van der Waals surface area contributed by atoms with Crippen molar-refractivity contribution in [2.24, 2.45) is 11.8 Å². The molecule has 2 fully saturated rings. The first-order chi connectivity index (χ1) is 10.4. The minimum atomic E-state index is -1.08. The third kappa shape index (κ3) is 2.50. The molecule has 2 amide bonds. The molecule has 2 aliphatic rings. The zero-order valence-corrected chi connectivity index (χ0v) is 14.6. The average molecular weight is 431 g/mol. The van der Waals surface area contributed by atoms with Crippen LogP contribution in [0.4, 0.5) is 5.69 Å². The molecule has 116 valence electrons. The molecule has 5 nitrogen and oxygen atoms in total. The van der Waals surface area contributed by atoms with Gasteiger partial charge in [0.15, 0.2) is 0 Å². The molecule has 1 aliphatic heterocycles. The second-order valence-electron chi connectivity index (χ2n) is 5.58. The predicted molar refractivity (Wildman–Crippen MR) is 87.5 cm³/mol. The van der Waals surface area contributed by atoms with Crippen molar-refractivity contribution in [1.82, 2.24) is 0 Å². The van der Waals surface area contributed by atoms with Gasteiger partial charge in [0.05, 0.1) is 23.1 Å². The summed E-state index contributed by atoms with van der Waals surface area (Å²) >= 11 is 7.08. The van der Waals surface area contributed by atoms with Gasteiger partial charge in [-0.1, -0.05) is 37.9 Å². The van der Waals surface area contributed by atoms with E-state index in [0.29, 0.717) is 18.5 Å². The van der Waals surface area contributed by atoms with Crippen LogP contribution in [-0.2, 0) is 9.59 Å². The number of imide groups is 1. The van der Waals surface area contributed by atoms with E-state index in [-0.39, 0.29) is 38.9 Å². The van der Waals surface area contributed by atoms with Gasteiger partial charge < -0.3 is 5.11 Å². The van der Waals surface area contributed by atoms with Crippen molar-refractivity contribution in [3.8, 4) is 0 Å². The van der Waals surface area contributed by atoms with Crippen LogP contribution in [0.2, 0.25) is 0 Å². The first-order valence-electron chi connectivity index (χ1n) is 6.89. The fraction of sp³-hybridized carbons (Fsp3) is 0.400. The molecule has 7 heteroatoms. The second kappa shape index (κ2) is 5.77. The summed E-state index contributed by atoms with van der Waals surface area (Å²) in [5.41, 5.74) is 0.395. The lowest BCUT2D eigenvalue weighted by molar-refractivity contribution is -0.122. The monoisotopic (exact) mass is 429 g/mol. The van der Waals surface area contributed by atoms with Gasteiger partial charge in [-0.15, -0.1) is 0 Å². The van der Waals surface area contributed by atoms with Gasteiger partial charge in [-0.3, -0.25) is 14.5 Å². The number of aromatic carboxylic acids is 1. The van der Waals surface area contributed by atoms with Crippen LogP contribution in [0.3, 0.4) is 0 Å². The Morgan fingerprint density at radius 3 is 2.14 bits per heavy atom. The summed E-state index contributed by atoms with van der Waals surface area (Å²) in [5, 5.41) is 9.06. The van der Waals surface area contributed by atoms with Crippen LogP contribution >= 0.6 is 31.9 Å². The quantitative estimate of drug-likeness (QED) is 0.578. The summed E-state index contributed by atoms with van der Waals surface area (Å²) in [4.78, 5) is 37.7. The molecular formula is C15H13Br2NO4. The van der Waals surface area contributed by atoms with Gasteiger partial charge >= 0.3 is 5.97 Å². The number of anilines is 1. The molecule has 3 rings (SSSR count). The Morgan fingerprint density at radius 2 is 1.64 bits per heavy atom. The van der Waals surface area contributed by atoms with Crippen molar-refractivity contribution in [3.63, 3.8) is 0 Å². The van der Waals surface area contributed by atoms with E-state index < -0.39 is 5.97 Å². The smallest absolute Gasteiger partial charge is 0.335 e. The van der Waals surface area contributed by atoms with E-state index in [4.69, 9.17) is 5.11 Å². The number of alkyl halides is 2. The maximum absolute atomic E-state index is 12.6. The molecular weight excluding hydrogens is 418 g/mol. The molecule has 1 saturated carbocycles. The Hall–Kier alpha value is -1.21. The Labute approximate surface area is 143 Å². The number of hydrogen-bond donors (Lipinski definition) is 1. The molecule has 0 spiro atoms. The first kappa shape index (κ1) is 15.7. The Morgan fingerprint density at radius 1 is 1.09 bits per heavy atom. The maximum atomic E-state index is 12.6. The van der Waals surface area contributed by atoms with E-state index >= 15 is 0 Å². The third-order valence-electron chi connectivity index (χ3n) is 4.26. The topological polar surface area (TPSA) is 74.7 Å². The minimum Gasteiger partial charge on any atom is -0.478 e. The van der Waals surface area contributed by atoms with Crippen molar-refractivity contribution in [2.45, 2.75) is 22.5 Å². The van der Waals surface area contributed by atoms with Crippen molar-refractivity contribution >= 4 is 55.3 Å². The number of halogens is 2. The number of carbonyl (C=O) groups excluding carboxylic acids is 2. The molecule has 0 radical (unpaired) electrons. The van der Waals surface area contributed by atoms with E-state index in [1.54, 1.807) is 12.1 Å². The van der Waals surface area contributed by atoms with Gasteiger partial charge in [-0.05, 0) is 31.0 Å². The molecule has 0 unspecified atom stereocenters. The van der Waals surface area contributed by atoms with Crippen LogP contribution in [0, 0.1) is 11.8 Å². The number of fused-ring (bicyclic) bond motifs is 1. The number of amides is 2. The zero-order valence-electron chi connectivity index (χ0n) is 11.4. The molecule has 0 aromatic heterocycles. The van der Waals surface area contributed by atoms with Crippen LogP contribution in [-0.4, -0.2) is 32.5 Å². The van der Waals surface area contributed by atoms with Gasteiger partial charge in [0.25, 0.3) is 0 Å². The van der Waals surface area contributed by atoms with E-state index in [1.807, 2.05) is 0 Å². The summed E-state index contributed by atoms with van der Waals surface area (Å²) in [6, 6.07) is 5.94. The highest BCUT2D eigenvalue weighted by Crippen LogP contribution is 2.44. The number of benzene rings is 1. The van der Waals surface area contributed by atoms with Gasteiger partial charge in [0, 0.05) is 9.65 Å². The summed E-state index contributed by atoms with van der Waals surface area (Å²) in [6.07, 6.45) is 1.19. The lowest BCUT2D eigenvalue weighted by atomic mass is 9.81. The van der Waals surface area contributed by atoms with Crippen LogP contribution < -0.4 is 4.90 Å². The van der Waals surface area contributed by atoms with Crippen molar-refractivity contribution in [1.29, 1.82) is 0 Å². The molecule has 1 aromatic carbocycles. The van der Waals surface area contributed by atoms with Gasteiger partial charge in [-0.25, -0.2) is 4.79 Å². The molecule has 1 saturated heterocycles. The molecule has 22 heavy (non-hydrogen) atoms. The fourth-order valence-corrected chi connectivity index (χ4v) is 4.36. The standard InChI is InChI=1S/C15H13Br2NO4/c16-11-5-9-10(6-12(11)17)14(20)18(13(9)19)8-3-1-2-7(4-8)15(21)22/h1-4,9-12H,5-6H2,(H,21,22)/t9-,10-,11+,12+/m1/s1. The number of carboxylic acid groups (broad SMARTS) is 1. The van der Waals surface area contributed by atoms with E-state index in [9.17, 15) is 14.4 Å². The lowest BCUT2D eigenvalue weighted by Gasteiger charge is -2.29. The maximum Gasteiger partial charge on any atom is 0.335 e. The fourth-order valence-electron chi connectivity index (χ4n) is 3.13. The highest BCUT2D eigenvalue weighted by atomic mass is 79.9. The molecule has 1 aromatic rings. The van der Waals surface area contributed by atoms with Crippen molar-refractivity contribution in [2.75, 3.05) is 4.90 Å². The SMILES string of the molecule is O=C(O)c1cccc(N2C(=O)[C@@H]3C[C@H](Br)[C@@H](Br)C[C@H]3C2=O)c1. The summed E-state index contributed by atoms with van der Waals surface area (Å²) in [6.45, 7) is 0. The summed E-state index contributed by atoms with van der Waals surface area (Å²) < 4.78 is 0. The second-order valence-corrected chi connectivity index (χ2v) is 7.94. The predicted octanol–water partition coefficient (Wildman–Crippen LogP) is 2.81. The number of carbonyl (C=O) groups is 3. The third-order valence-corrected chi connectivity index (χ3v) is 7.00. The van der Waals surface area contributed by atoms with Crippen LogP contribution in [0.5, 0.6) is 0 Å². The lowest BCUT2D eigenvalue weighted by Crippen LogP contribution is -2.34. The van der Waals surface area contributed by atoms with Crippen molar-refractivity contribution in [3.05, 3.63) is 29.8 Å². The Kier molecular flexibility index (Phi) is 4.11. The number of hydrogen-bond acceptors (Lipinski definition) is 3. The van der Waals surface area contributed by atoms with Crippen LogP contribution in [0.15, 0.2) is 24.3 Å². The Balaban J connectivity index is 1.95. The van der Waals surface area contributed by atoms with Crippen molar-refractivity contribution < 1.29 is 19.5 Å². The van der Waals surface area contributed by atoms with Crippen LogP contribution in [0.1, 0.15) is 23.2 Å². The number of carboxylic acids is 1.